The number of halogens is 2. The SMILES string of the molecule is CNCc1cc(OC)ccc1-c1cc(Cl)ccc1Cl. The summed E-state index contributed by atoms with van der Waals surface area (Å²) in [4.78, 5) is 0. The lowest BCUT2D eigenvalue weighted by Gasteiger charge is -2.13. The van der Waals surface area contributed by atoms with Crippen LogP contribution in [0.4, 0.5) is 0 Å². The minimum absolute atomic E-state index is 0.672. The van der Waals surface area contributed by atoms with Crippen molar-refractivity contribution in [3.8, 4) is 16.9 Å². The van der Waals surface area contributed by atoms with Crippen LogP contribution in [0.2, 0.25) is 10.0 Å². The third-order valence-corrected chi connectivity index (χ3v) is 3.46. The van der Waals surface area contributed by atoms with Gasteiger partial charge in [-0.25, -0.2) is 0 Å². The molecule has 0 spiro atoms. The Hall–Kier alpha value is -1.22. The highest BCUT2D eigenvalue weighted by molar-refractivity contribution is 6.35. The first-order valence-electron chi connectivity index (χ1n) is 5.92. The molecule has 4 heteroatoms. The molecule has 0 unspecified atom stereocenters. The van der Waals surface area contributed by atoms with Crippen LogP contribution in [0, 0.1) is 0 Å². The van der Waals surface area contributed by atoms with Crippen LogP contribution >= 0.6 is 23.2 Å². The molecule has 0 atom stereocenters. The largest absolute Gasteiger partial charge is 0.497 e. The molecule has 2 aromatic rings. The van der Waals surface area contributed by atoms with Crippen molar-refractivity contribution in [2.45, 2.75) is 6.54 Å². The third-order valence-electron chi connectivity index (χ3n) is 2.90. The van der Waals surface area contributed by atoms with Crippen molar-refractivity contribution in [1.29, 1.82) is 0 Å². The summed E-state index contributed by atoms with van der Waals surface area (Å²) < 4.78 is 5.26. The van der Waals surface area contributed by atoms with Gasteiger partial charge in [0, 0.05) is 22.2 Å². The van der Waals surface area contributed by atoms with E-state index in [2.05, 4.69) is 5.32 Å². The lowest BCUT2D eigenvalue weighted by molar-refractivity contribution is 0.414. The van der Waals surface area contributed by atoms with E-state index in [-0.39, 0.29) is 0 Å². The van der Waals surface area contributed by atoms with Crippen LogP contribution in [0.3, 0.4) is 0 Å². The molecule has 0 bridgehead atoms. The van der Waals surface area contributed by atoms with Gasteiger partial charge < -0.3 is 10.1 Å². The number of benzene rings is 2. The Labute approximate surface area is 123 Å². The average molecular weight is 296 g/mol. The summed E-state index contributed by atoms with van der Waals surface area (Å²) in [5.41, 5.74) is 3.11. The predicted molar refractivity (Wildman–Crippen MR) is 81.2 cm³/mol. The van der Waals surface area contributed by atoms with Crippen molar-refractivity contribution >= 4 is 23.2 Å². The van der Waals surface area contributed by atoms with E-state index in [4.69, 9.17) is 27.9 Å². The maximum atomic E-state index is 6.27. The van der Waals surface area contributed by atoms with Crippen LogP contribution in [0.1, 0.15) is 5.56 Å². The molecule has 0 aliphatic carbocycles. The minimum atomic E-state index is 0.672. The van der Waals surface area contributed by atoms with E-state index in [9.17, 15) is 0 Å². The van der Waals surface area contributed by atoms with Gasteiger partial charge in [-0.2, -0.15) is 0 Å². The van der Waals surface area contributed by atoms with Gasteiger partial charge >= 0.3 is 0 Å². The lowest BCUT2D eigenvalue weighted by atomic mass is 9.99. The lowest BCUT2D eigenvalue weighted by Crippen LogP contribution is -2.06. The molecular formula is C15H15Cl2NO. The Morgan fingerprint density at radius 1 is 1.05 bits per heavy atom. The molecule has 1 N–H and O–H groups in total. The quantitative estimate of drug-likeness (QED) is 0.903. The number of hydrogen-bond acceptors (Lipinski definition) is 2. The van der Waals surface area contributed by atoms with Crippen LogP contribution in [0.5, 0.6) is 5.75 Å². The van der Waals surface area contributed by atoms with Gasteiger partial charge in [0.1, 0.15) is 5.75 Å². The van der Waals surface area contributed by atoms with E-state index in [0.29, 0.717) is 10.0 Å². The van der Waals surface area contributed by atoms with E-state index in [1.54, 1.807) is 13.2 Å². The second kappa shape index (κ2) is 6.29. The molecule has 19 heavy (non-hydrogen) atoms. The zero-order chi connectivity index (χ0) is 13.8. The summed E-state index contributed by atoms with van der Waals surface area (Å²) in [6, 6.07) is 11.4. The molecule has 0 aliphatic heterocycles. The molecule has 0 saturated carbocycles. The summed E-state index contributed by atoms with van der Waals surface area (Å²) >= 11 is 12.3. The molecule has 0 amide bonds. The fraction of sp³-hybridized carbons (Fsp3) is 0.200. The number of rotatable bonds is 4. The normalized spacial score (nSPS) is 10.5. The van der Waals surface area contributed by atoms with Crippen molar-refractivity contribution in [3.05, 3.63) is 52.0 Å². The van der Waals surface area contributed by atoms with Gasteiger partial charge in [-0.15, -0.1) is 0 Å². The Morgan fingerprint density at radius 3 is 2.53 bits per heavy atom. The summed E-state index contributed by atoms with van der Waals surface area (Å²) in [5.74, 6) is 0.826. The molecular weight excluding hydrogens is 281 g/mol. The van der Waals surface area contributed by atoms with Gasteiger partial charge in [0.2, 0.25) is 0 Å². The van der Waals surface area contributed by atoms with Crippen LogP contribution in [0.15, 0.2) is 36.4 Å². The zero-order valence-electron chi connectivity index (χ0n) is 10.8. The van der Waals surface area contributed by atoms with Crippen molar-refractivity contribution in [2.75, 3.05) is 14.2 Å². The smallest absolute Gasteiger partial charge is 0.119 e. The van der Waals surface area contributed by atoms with Gasteiger partial charge in [0.05, 0.1) is 7.11 Å². The molecule has 0 heterocycles. The standard InChI is InChI=1S/C15H15Cl2NO/c1-18-9-10-7-12(19-2)4-5-13(10)14-8-11(16)3-6-15(14)17/h3-8,18H,9H2,1-2H3. The summed E-state index contributed by atoms with van der Waals surface area (Å²) in [6.45, 7) is 0.732. The van der Waals surface area contributed by atoms with E-state index in [1.807, 2.05) is 37.4 Å². The molecule has 2 aromatic carbocycles. The van der Waals surface area contributed by atoms with Crippen LogP contribution < -0.4 is 10.1 Å². The van der Waals surface area contributed by atoms with Crippen molar-refractivity contribution < 1.29 is 4.74 Å². The Kier molecular flexibility index (Phi) is 4.70. The molecule has 100 valence electrons. The molecule has 0 saturated heterocycles. The van der Waals surface area contributed by atoms with E-state index in [0.717, 1.165) is 29.0 Å². The Bertz CT molecular complexity index is 584. The van der Waals surface area contributed by atoms with Crippen LogP contribution in [0.25, 0.3) is 11.1 Å². The van der Waals surface area contributed by atoms with Gasteiger partial charge in [-0.1, -0.05) is 29.3 Å². The summed E-state index contributed by atoms with van der Waals surface area (Å²) in [5, 5.41) is 4.51. The van der Waals surface area contributed by atoms with E-state index in [1.165, 1.54) is 0 Å². The van der Waals surface area contributed by atoms with Gasteiger partial charge in [0.25, 0.3) is 0 Å². The first-order chi connectivity index (χ1) is 9.15. The maximum Gasteiger partial charge on any atom is 0.119 e. The van der Waals surface area contributed by atoms with Gasteiger partial charge in [-0.3, -0.25) is 0 Å². The Balaban J connectivity index is 2.57. The van der Waals surface area contributed by atoms with E-state index >= 15 is 0 Å². The second-order valence-corrected chi connectivity index (χ2v) is 5.02. The monoisotopic (exact) mass is 295 g/mol. The highest BCUT2D eigenvalue weighted by Crippen LogP contribution is 2.34. The van der Waals surface area contributed by atoms with Crippen LogP contribution in [-0.4, -0.2) is 14.2 Å². The van der Waals surface area contributed by atoms with Crippen molar-refractivity contribution in [2.24, 2.45) is 0 Å². The van der Waals surface area contributed by atoms with Crippen molar-refractivity contribution in [3.63, 3.8) is 0 Å². The first-order valence-corrected chi connectivity index (χ1v) is 6.68. The molecule has 0 aliphatic rings. The molecule has 0 aromatic heterocycles. The highest BCUT2D eigenvalue weighted by atomic mass is 35.5. The summed E-state index contributed by atoms with van der Waals surface area (Å²) in [7, 11) is 3.56. The third kappa shape index (κ3) is 3.21. The highest BCUT2D eigenvalue weighted by Gasteiger charge is 2.10. The Morgan fingerprint density at radius 2 is 1.84 bits per heavy atom. The summed E-state index contributed by atoms with van der Waals surface area (Å²) in [6.07, 6.45) is 0. The number of methoxy groups -OCH3 is 1. The number of ether oxygens (including phenoxy) is 1. The van der Waals surface area contributed by atoms with Gasteiger partial charge in [-0.05, 0) is 48.5 Å². The van der Waals surface area contributed by atoms with E-state index < -0.39 is 0 Å². The topological polar surface area (TPSA) is 21.3 Å². The fourth-order valence-corrected chi connectivity index (χ4v) is 2.39. The zero-order valence-corrected chi connectivity index (χ0v) is 12.3. The average Bonchev–Trinajstić information content (AvgIpc) is 2.42. The maximum absolute atomic E-state index is 6.27. The second-order valence-electron chi connectivity index (χ2n) is 4.18. The van der Waals surface area contributed by atoms with Gasteiger partial charge in [0.15, 0.2) is 0 Å². The molecule has 0 radical (unpaired) electrons. The number of nitrogens with one attached hydrogen (secondary N) is 1. The predicted octanol–water partition coefficient (Wildman–Crippen LogP) is 4.39. The number of hydrogen-bond donors (Lipinski definition) is 1. The van der Waals surface area contributed by atoms with Crippen molar-refractivity contribution in [1.82, 2.24) is 5.32 Å². The van der Waals surface area contributed by atoms with Crippen LogP contribution in [-0.2, 0) is 6.54 Å². The molecule has 0 fully saturated rings. The first kappa shape index (κ1) is 14.2. The fourth-order valence-electron chi connectivity index (χ4n) is 2.00. The minimum Gasteiger partial charge on any atom is -0.497 e. The molecule has 2 nitrogen and oxygen atoms in total. The molecule has 2 rings (SSSR count).